The Morgan fingerprint density at radius 1 is 1.17 bits per heavy atom. The van der Waals surface area contributed by atoms with Gasteiger partial charge in [0.05, 0.1) is 6.61 Å². The van der Waals surface area contributed by atoms with Crippen LogP contribution in [0.3, 0.4) is 0 Å². The van der Waals surface area contributed by atoms with Gasteiger partial charge in [-0.05, 0) is 110 Å². The lowest BCUT2D eigenvalue weighted by molar-refractivity contribution is -0.153. The molecule has 1 aromatic rings. The monoisotopic (exact) mass is 506 g/mol. The molecule has 2 atom stereocenters. The lowest BCUT2D eigenvalue weighted by atomic mass is 9.71. The van der Waals surface area contributed by atoms with Crippen molar-refractivity contribution >= 4 is 34.3 Å². The summed E-state index contributed by atoms with van der Waals surface area (Å²) < 4.78 is 6.45. The van der Waals surface area contributed by atoms with Crippen LogP contribution in [0.5, 0.6) is 0 Å². The van der Waals surface area contributed by atoms with Gasteiger partial charge < -0.3 is 4.74 Å². The minimum Gasteiger partial charge on any atom is -0.465 e. The van der Waals surface area contributed by atoms with Gasteiger partial charge in [0.1, 0.15) is 5.92 Å². The molecule has 156 valence electrons. The van der Waals surface area contributed by atoms with Crippen molar-refractivity contribution in [3.63, 3.8) is 0 Å². The molecule has 0 bridgehead atoms. The number of carbonyl (C=O) groups is 2. The minimum atomic E-state index is -0.687. The summed E-state index contributed by atoms with van der Waals surface area (Å²) in [6.07, 6.45) is 14.3. The van der Waals surface area contributed by atoms with Crippen LogP contribution in [-0.4, -0.2) is 18.4 Å². The molecule has 1 aromatic carbocycles. The number of aryl methyl sites for hydroxylation is 1. The van der Waals surface area contributed by atoms with E-state index in [4.69, 9.17) is 4.74 Å². The maximum Gasteiger partial charge on any atom is 0.316 e. The van der Waals surface area contributed by atoms with Crippen LogP contribution < -0.4 is 0 Å². The highest BCUT2D eigenvalue weighted by molar-refractivity contribution is 14.1. The van der Waals surface area contributed by atoms with Crippen molar-refractivity contribution in [1.82, 2.24) is 0 Å². The van der Waals surface area contributed by atoms with Gasteiger partial charge in [0.2, 0.25) is 0 Å². The Labute approximate surface area is 188 Å². The SMILES string of the molecule is CCOC(=O)C(Cc1ccc(I)cc1C)C(=O)[C@H]1CC[C@H](C2C=CC=CC2)CC1. The van der Waals surface area contributed by atoms with E-state index in [-0.39, 0.29) is 17.7 Å². The first kappa shape index (κ1) is 22.3. The third kappa shape index (κ3) is 5.80. The van der Waals surface area contributed by atoms with E-state index in [2.05, 4.69) is 53.0 Å². The number of esters is 1. The Balaban J connectivity index is 1.67. The molecule has 0 spiro atoms. The Morgan fingerprint density at radius 3 is 2.55 bits per heavy atom. The van der Waals surface area contributed by atoms with E-state index in [1.54, 1.807) is 6.92 Å². The van der Waals surface area contributed by atoms with Crippen molar-refractivity contribution in [2.75, 3.05) is 6.61 Å². The number of benzene rings is 1. The predicted octanol–water partition coefficient (Wildman–Crippen LogP) is 5.83. The van der Waals surface area contributed by atoms with E-state index in [1.807, 2.05) is 19.1 Å². The second-order valence-electron chi connectivity index (χ2n) is 8.31. The number of ether oxygens (including phenoxy) is 1. The van der Waals surface area contributed by atoms with E-state index in [1.165, 1.54) is 0 Å². The van der Waals surface area contributed by atoms with Gasteiger partial charge in [-0.3, -0.25) is 9.59 Å². The number of halogens is 1. The first-order chi connectivity index (χ1) is 14.0. The molecule has 2 aliphatic rings. The van der Waals surface area contributed by atoms with Crippen LogP contribution in [0.2, 0.25) is 0 Å². The molecule has 4 heteroatoms. The fourth-order valence-electron chi connectivity index (χ4n) is 4.72. The number of allylic oxidation sites excluding steroid dienone is 4. The van der Waals surface area contributed by atoms with Crippen LogP contribution in [0.4, 0.5) is 0 Å². The maximum atomic E-state index is 13.4. The lowest BCUT2D eigenvalue weighted by Crippen LogP contribution is -2.35. The summed E-state index contributed by atoms with van der Waals surface area (Å²) in [4.78, 5) is 26.0. The molecule has 0 heterocycles. The largest absolute Gasteiger partial charge is 0.465 e. The van der Waals surface area contributed by atoms with E-state index in [9.17, 15) is 9.59 Å². The first-order valence-electron chi connectivity index (χ1n) is 10.8. The summed E-state index contributed by atoms with van der Waals surface area (Å²) in [7, 11) is 0. The summed E-state index contributed by atoms with van der Waals surface area (Å²) in [6, 6.07) is 6.17. The van der Waals surface area contributed by atoms with Crippen molar-refractivity contribution < 1.29 is 14.3 Å². The zero-order chi connectivity index (χ0) is 20.8. The quantitative estimate of drug-likeness (QED) is 0.266. The zero-order valence-electron chi connectivity index (χ0n) is 17.4. The third-order valence-corrected chi connectivity index (χ3v) is 7.11. The van der Waals surface area contributed by atoms with Crippen LogP contribution in [0, 0.1) is 34.2 Å². The minimum absolute atomic E-state index is 0.0204. The van der Waals surface area contributed by atoms with Gasteiger partial charge in [-0.2, -0.15) is 0 Å². The first-order valence-corrected chi connectivity index (χ1v) is 11.9. The molecule has 3 rings (SSSR count). The molecule has 2 aliphatic carbocycles. The van der Waals surface area contributed by atoms with Crippen molar-refractivity contribution in [3.8, 4) is 0 Å². The number of hydrogen-bond acceptors (Lipinski definition) is 3. The van der Waals surface area contributed by atoms with Crippen molar-refractivity contribution in [3.05, 3.63) is 57.2 Å². The molecular formula is C25H31IO3. The normalized spacial score (nSPS) is 24.9. The smallest absolute Gasteiger partial charge is 0.316 e. The zero-order valence-corrected chi connectivity index (χ0v) is 19.6. The Kier molecular flexibility index (Phi) is 8.10. The summed E-state index contributed by atoms with van der Waals surface area (Å²) in [5, 5.41) is 0. The Bertz CT molecular complexity index is 787. The molecule has 29 heavy (non-hydrogen) atoms. The fourth-order valence-corrected chi connectivity index (χ4v) is 5.36. The van der Waals surface area contributed by atoms with Crippen molar-refractivity contribution in [1.29, 1.82) is 0 Å². The van der Waals surface area contributed by atoms with Crippen molar-refractivity contribution in [2.24, 2.45) is 23.7 Å². The van der Waals surface area contributed by atoms with E-state index in [0.29, 0.717) is 24.9 Å². The molecule has 0 N–H and O–H groups in total. The van der Waals surface area contributed by atoms with Crippen LogP contribution in [0.25, 0.3) is 0 Å². The number of rotatable bonds is 7. The molecule has 0 aromatic heterocycles. The summed E-state index contributed by atoms with van der Waals surface area (Å²) in [5.74, 6) is 0.267. The van der Waals surface area contributed by atoms with Gasteiger partial charge in [-0.25, -0.2) is 0 Å². The highest BCUT2D eigenvalue weighted by atomic mass is 127. The van der Waals surface area contributed by atoms with Gasteiger partial charge in [0.25, 0.3) is 0 Å². The number of ketones is 1. The molecular weight excluding hydrogens is 475 g/mol. The third-order valence-electron chi connectivity index (χ3n) is 6.44. The average Bonchev–Trinajstić information content (AvgIpc) is 2.73. The van der Waals surface area contributed by atoms with Crippen LogP contribution >= 0.6 is 22.6 Å². The average molecular weight is 506 g/mol. The Morgan fingerprint density at radius 2 is 1.93 bits per heavy atom. The Hall–Kier alpha value is -1.43. The molecule has 0 saturated heterocycles. The standard InChI is InChI=1S/C25H31IO3/c1-3-29-25(28)23(16-21-13-14-22(26)15-17(21)2)24(27)20-11-9-19(10-12-20)18-7-5-4-6-8-18/h4-7,13-15,18-20,23H,3,8-12,16H2,1-2H3/t18?,19-,20-,23?. The summed E-state index contributed by atoms with van der Waals surface area (Å²) >= 11 is 2.28. The second kappa shape index (κ2) is 10.6. The summed E-state index contributed by atoms with van der Waals surface area (Å²) in [5.41, 5.74) is 2.18. The number of hydrogen-bond donors (Lipinski definition) is 0. The molecule has 0 aliphatic heterocycles. The van der Waals surface area contributed by atoms with Gasteiger partial charge in [-0.15, -0.1) is 0 Å². The molecule has 0 amide bonds. The van der Waals surface area contributed by atoms with Crippen LogP contribution in [0.15, 0.2) is 42.5 Å². The number of carbonyl (C=O) groups excluding carboxylic acids is 2. The highest BCUT2D eigenvalue weighted by Crippen LogP contribution is 2.38. The van der Waals surface area contributed by atoms with Crippen LogP contribution in [0.1, 0.15) is 50.2 Å². The van der Waals surface area contributed by atoms with Gasteiger partial charge in [0, 0.05) is 9.49 Å². The van der Waals surface area contributed by atoms with Crippen molar-refractivity contribution in [2.45, 2.75) is 52.4 Å². The van der Waals surface area contributed by atoms with E-state index >= 15 is 0 Å². The molecule has 2 unspecified atom stereocenters. The van der Waals surface area contributed by atoms with Gasteiger partial charge in [0.15, 0.2) is 5.78 Å². The fraction of sp³-hybridized carbons (Fsp3) is 0.520. The topological polar surface area (TPSA) is 43.4 Å². The van der Waals surface area contributed by atoms with E-state index in [0.717, 1.165) is 46.8 Å². The molecule has 0 radical (unpaired) electrons. The molecule has 1 saturated carbocycles. The maximum absolute atomic E-state index is 13.4. The lowest BCUT2D eigenvalue weighted by Gasteiger charge is -2.33. The molecule has 1 fully saturated rings. The number of Topliss-reactive ketones (excluding diaryl/α,β-unsaturated/α-hetero) is 1. The van der Waals surface area contributed by atoms with Gasteiger partial charge >= 0.3 is 5.97 Å². The second-order valence-corrected chi connectivity index (χ2v) is 9.55. The van der Waals surface area contributed by atoms with E-state index < -0.39 is 5.92 Å². The van der Waals surface area contributed by atoms with Crippen LogP contribution in [-0.2, 0) is 20.7 Å². The summed E-state index contributed by atoms with van der Waals surface area (Å²) in [6.45, 7) is 4.15. The predicted molar refractivity (Wildman–Crippen MR) is 125 cm³/mol. The van der Waals surface area contributed by atoms with Gasteiger partial charge in [-0.1, -0.05) is 30.4 Å². The highest BCUT2D eigenvalue weighted by Gasteiger charge is 2.37. The molecule has 3 nitrogen and oxygen atoms in total.